The van der Waals surface area contributed by atoms with Crippen molar-refractivity contribution in [2.24, 2.45) is 5.92 Å². The zero-order chi connectivity index (χ0) is 11.7. The predicted molar refractivity (Wildman–Crippen MR) is 70.9 cm³/mol. The summed E-state index contributed by atoms with van der Waals surface area (Å²) in [4.78, 5) is 2.59. The first-order valence-corrected chi connectivity index (χ1v) is 7.34. The number of rotatable bonds is 3. The van der Waals surface area contributed by atoms with Crippen LogP contribution < -0.4 is 5.32 Å². The van der Waals surface area contributed by atoms with Gasteiger partial charge in [0, 0.05) is 26.2 Å². The Kier molecular flexibility index (Phi) is 3.54. The second-order valence-corrected chi connectivity index (χ2v) is 5.85. The van der Waals surface area contributed by atoms with Crippen LogP contribution in [0.4, 0.5) is 0 Å². The molecule has 0 bridgehead atoms. The molecule has 3 nitrogen and oxygen atoms in total. The number of nitrogens with one attached hydrogen (secondary N) is 1. The molecule has 0 spiro atoms. The lowest BCUT2D eigenvalue weighted by atomic mass is 9.78. The van der Waals surface area contributed by atoms with E-state index in [9.17, 15) is 0 Å². The Bertz CT molecular complexity index is 369. The summed E-state index contributed by atoms with van der Waals surface area (Å²) in [7, 11) is 0. The van der Waals surface area contributed by atoms with Crippen molar-refractivity contribution in [1.29, 1.82) is 0 Å². The summed E-state index contributed by atoms with van der Waals surface area (Å²) in [6, 6.07) is 4.65. The third kappa shape index (κ3) is 2.44. The zero-order valence-corrected chi connectivity index (χ0v) is 11.6. The van der Waals surface area contributed by atoms with Crippen molar-refractivity contribution in [3.63, 3.8) is 0 Å². The first-order chi connectivity index (χ1) is 8.34. The highest BCUT2D eigenvalue weighted by Crippen LogP contribution is 2.42. The Balaban J connectivity index is 1.80. The molecule has 3 rings (SSSR count). The van der Waals surface area contributed by atoms with Crippen molar-refractivity contribution < 1.29 is 4.42 Å². The van der Waals surface area contributed by atoms with E-state index in [4.69, 9.17) is 4.42 Å². The topological polar surface area (TPSA) is 28.4 Å². The Morgan fingerprint density at radius 2 is 2.06 bits per heavy atom. The quantitative estimate of drug-likeness (QED) is 0.930. The molecule has 2 aliphatic rings. The van der Waals surface area contributed by atoms with Crippen LogP contribution in [0.2, 0.25) is 0 Å². The van der Waals surface area contributed by atoms with E-state index in [1.807, 2.05) is 6.07 Å². The summed E-state index contributed by atoms with van der Waals surface area (Å²) in [5, 5.41) is 3.42. The largest absolute Gasteiger partial charge is 0.453 e. The minimum absolute atomic E-state index is 0.497. The van der Waals surface area contributed by atoms with Crippen LogP contribution in [-0.4, -0.2) is 31.1 Å². The molecule has 2 heterocycles. The monoisotopic (exact) mass is 298 g/mol. The van der Waals surface area contributed by atoms with Gasteiger partial charge in [-0.05, 0) is 46.8 Å². The second kappa shape index (κ2) is 5.12. The van der Waals surface area contributed by atoms with Crippen molar-refractivity contribution in [3.05, 3.63) is 22.6 Å². The van der Waals surface area contributed by atoms with Crippen molar-refractivity contribution in [1.82, 2.24) is 10.2 Å². The van der Waals surface area contributed by atoms with E-state index in [0.717, 1.165) is 42.5 Å². The highest BCUT2D eigenvalue weighted by atomic mass is 79.9. The van der Waals surface area contributed by atoms with Crippen LogP contribution in [0.5, 0.6) is 0 Å². The molecule has 0 radical (unpaired) electrons. The fourth-order valence-corrected chi connectivity index (χ4v) is 3.23. The smallest absolute Gasteiger partial charge is 0.169 e. The number of furan rings is 1. The molecule has 1 atom stereocenters. The van der Waals surface area contributed by atoms with Crippen LogP contribution in [0.3, 0.4) is 0 Å². The van der Waals surface area contributed by atoms with Gasteiger partial charge < -0.3 is 9.73 Å². The van der Waals surface area contributed by atoms with Crippen LogP contribution in [0, 0.1) is 5.92 Å². The first kappa shape index (κ1) is 11.8. The molecular formula is C13H19BrN2O. The van der Waals surface area contributed by atoms with Crippen LogP contribution in [-0.2, 0) is 0 Å². The number of nitrogens with zero attached hydrogens (tertiary/aromatic N) is 1. The highest BCUT2D eigenvalue weighted by Gasteiger charge is 2.35. The standard InChI is InChI=1S/C13H19BrN2O/c14-12-5-4-11(17-12)13(10-2-1-3-10)16-8-6-15-7-9-16/h4-5,10,13,15H,1-3,6-9H2/t13-/m0/s1. The SMILES string of the molecule is Brc1ccc([C@H](C2CCC2)N2CCNCC2)o1. The normalized spacial score (nSPS) is 24.5. The Morgan fingerprint density at radius 1 is 1.29 bits per heavy atom. The molecule has 1 aromatic heterocycles. The summed E-state index contributed by atoms with van der Waals surface area (Å²) in [6.45, 7) is 4.48. The molecule has 0 unspecified atom stereocenters. The van der Waals surface area contributed by atoms with E-state index < -0.39 is 0 Å². The maximum atomic E-state index is 5.81. The number of hydrogen-bond acceptors (Lipinski definition) is 3. The molecule has 94 valence electrons. The predicted octanol–water partition coefficient (Wildman–Crippen LogP) is 2.79. The van der Waals surface area contributed by atoms with E-state index in [1.54, 1.807) is 0 Å². The van der Waals surface area contributed by atoms with Gasteiger partial charge >= 0.3 is 0 Å². The molecule has 1 aliphatic heterocycles. The minimum Gasteiger partial charge on any atom is -0.453 e. The van der Waals surface area contributed by atoms with Crippen LogP contribution in [0.1, 0.15) is 31.1 Å². The third-order valence-corrected chi connectivity index (χ3v) is 4.45. The lowest BCUT2D eigenvalue weighted by molar-refractivity contribution is 0.0678. The van der Waals surface area contributed by atoms with Gasteiger partial charge in [-0.2, -0.15) is 0 Å². The van der Waals surface area contributed by atoms with E-state index in [0.29, 0.717) is 6.04 Å². The van der Waals surface area contributed by atoms with Crippen LogP contribution >= 0.6 is 15.9 Å². The maximum Gasteiger partial charge on any atom is 0.169 e. The molecule has 4 heteroatoms. The van der Waals surface area contributed by atoms with Gasteiger partial charge in [0.25, 0.3) is 0 Å². The van der Waals surface area contributed by atoms with Crippen LogP contribution in [0.15, 0.2) is 21.2 Å². The second-order valence-electron chi connectivity index (χ2n) is 5.06. The van der Waals surface area contributed by atoms with Crippen molar-refractivity contribution in [2.75, 3.05) is 26.2 Å². The minimum atomic E-state index is 0.497. The van der Waals surface area contributed by atoms with Crippen molar-refractivity contribution in [2.45, 2.75) is 25.3 Å². The van der Waals surface area contributed by atoms with Gasteiger partial charge in [0.15, 0.2) is 4.67 Å². The molecule has 1 saturated carbocycles. The zero-order valence-electron chi connectivity index (χ0n) is 9.99. The number of halogens is 1. The van der Waals surface area contributed by atoms with Gasteiger partial charge in [0.1, 0.15) is 5.76 Å². The Morgan fingerprint density at radius 3 is 2.59 bits per heavy atom. The lowest BCUT2D eigenvalue weighted by Gasteiger charge is -2.41. The average molecular weight is 299 g/mol. The Labute approximate surface area is 111 Å². The summed E-state index contributed by atoms with van der Waals surface area (Å²) in [6.07, 6.45) is 4.09. The fraction of sp³-hybridized carbons (Fsp3) is 0.692. The number of hydrogen-bond donors (Lipinski definition) is 1. The highest BCUT2D eigenvalue weighted by molar-refractivity contribution is 9.10. The maximum absolute atomic E-state index is 5.81. The Hall–Kier alpha value is -0.320. The van der Waals surface area contributed by atoms with Crippen molar-refractivity contribution >= 4 is 15.9 Å². The summed E-state index contributed by atoms with van der Waals surface area (Å²) in [5.41, 5.74) is 0. The molecule has 2 fully saturated rings. The van der Waals surface area contributed by atoms with Crippen molar-refractivity contribution in [3.8, 4) is 0 Å². The molecule has 0 amide bonds. The number of piperazine rings is 1. The molecule has 1 saturated heterocycles. The fourth-order valence-electron chi connectivity index (χ4n) is 2.91. The van der Waals surface area contributed by atoms with Gasteiger partial charge in [0.2, 0.25) is 0 Å². The summed E-state index contributed by atoms with van der Waals surface area (Å²) >= 11 is 3.42. The lowest BCUT2D eigenvalue weighted by Crippen LogP contribution is -2.47. The third-order valence-electron chi connectivity index (χ3n) is 4.03. The molecule has 17 heavy (non-hydrogen) atoms. The molecule has 1 aromatic rings. The van der Waals surface area contributed by atoms with E-state index in [1.165, 1.54) is 19.3 Å². The molecule has 1 aliphatic carbocycles. The van der Waals surface area contributed by atoms with Gasteiger partial charge in [-0.1, -0.05) is 6.42 Å². The first-order valence-electron chi connectivity index (χ1n) is 6.54. The summed E-state index contributed by atoms with van der Waals surface area (Å²) in [5.74, 6) is 1.94. The van der Waals surface area contributed by atoms with Gasteiger partial charge in [0.05, 0.1) is 6.04 Å². The van der Waals surface area contributed by atoms with E-state index in [-0.39, 0.29) is 0 Å². The molecule has 1 N–H and O–H groups in total. The van der Waals surface area contributed by atoms with Gasteiger partial charge in [-0.15, -0.1) is 0 Å². The van der Waals surface area contributed by atoms with E-state index >= 15 is 0 Å². The van der Waals surface area contributed by atoms with Gasteiger partial charge in [-0.3, -0.25) is 4.90 Å². The van der Waals surface area contributed by atoms with E-state index in [2.05, 4.69) is 32.2 Å². The average Bonchev–Trinajstić information content (AvgIpc) is 2.71. The summed E-state index contributed by atoms with van der Waals surface area (Å²) < 4.78 is 6.66. The molecular weight excluding hydrogens is 280 g/mol. The molecule has 0 aromatic carbocycles. The van der Waals surface area contributed by atoms with Gasteiger partial charge in [-0.25, -0.2) is 0 Å². The van der Waals surface area contributed by atoms with Crippen LogP contribution in [0.25, 0.3) is 0 Å².